The Morgan fingerprint density at radius 3 is 2.24 bits per heavy atom. The number of hydrogen-bond donors (Lipinski definition) is 0. The van der Waals surface area contributed by atoms with Gasteiger partial charge in [0.05, 0.1) is 11.5 Å². The van der Waals surface area contributed by atoms with E-state index in [2.05, 4.69) is 61.2 Å². The van der Waals surface area contributed by atoms with E-state index in [0.717, 1.165) is 24.9 Å². The molecule has 2 aliphatic rings. The number of rotatable bonds is 6. The van der Waals surface area contributed by atoms with Crippen molar-refractivity contribution < 1.29 is 13.2 Å². The van der Waals surface area contributed by atoms with E-state index in [9.17, 15) is 8.42 Å². The standard InChI is InChI=1S/C31H38N2O3S/c1-22-11-12-27(19-24(22)3)25-13-15-26(16-14-25)31-28-20-32(17-7-8-18-33(28)29(31)21-36-4)37(34,35)30-10-6-5-9-23(30)2/h5-6,9-16,19,28-29,31H,7-8,17-18,20-21H2,1-4H3/t28-,29+,31?/m0/s1. The van der Waals surface area contributed by atoms with Gasteiger partial charge in [-0.2, -0.15) is 4.31 Å². The van der Waals surface area contributed by atoms with Crippen LogP contribution in [-0.4, -0.2) is 63.1 Å². The molecule has 0 aliphatic carbocycles. The average molecular weight is 519 g/mol. The molecule has 2 aliphatic heterocycles. The lowest BCUT2D eigenvalue weighted by Crippen LogP contribution is -2.68. The highest BCUT2D eigenvalue weighted by atomic mass is 32.2. The van der Waals surface area contributed by atoms with Crippen LogP contribution < -0.4 is 0 Å². The third-order valence-electron chi connectivity index (χ3n) is 8.33. The molecule has 0 amide bonds. The minimum atomic E-state index is -3.57. The number of aryl methyl sites for hydroxylation is 3. The summed E-state index contributed by atoms with van der Waals surface area (Å²) in [5, 5.41) is 0. The smallest absolute Gasteiger partial charge is 0.243 e. The summed E-state index contributed by atoms with van der Waals surface area (Å²) in [7, 11) is -1.81. The van der Waals surface area contributed by atoms with Gasteiger partial charge in [0.2, 0.25) is 10.0 Å². The van der Waals surface area contributed by atoms with Crippen LogP contribution in [0.4, 0.5) is 0 Å². The van der Waals surface area contributed by atoms with Crippen LogP contribution in [0.2, 0.25) is 0 Å². The van der Waals surface area contributed by atoms with Crippen molar-refractivity contribution in [2.24, 2.45) is 0 Å². The molecule has 0 N–H and O–H groups in total. The highest BCUT2D eigenvalue weighted by molar-refractivity contribution is 7.89. The van der Waals surface area contributed by atoms with E-state index in [-0.39, 0.29) is 18.0 Å². The van der Waals surface area contributed by atoms with Crippen LogP contribution in [-0.2, 0) is 14.8 Å². The Balaban J connectivity index is 1.44. The Morgan fingerprint density at radius 1 is 0.838 bits per heavy atom. The molecule has 0 aromatic heterocycles. The highest BCUT2D eigenvalue weighted by Crippen LogP contribution is 2.43. The molecule has 3 aromatic carbocycles. The van der Waals surface area contributed by atoms with Crippen LogP contribution in [0, 0.1) is 20.8 Å². The van der Waals surface area contributed by atoms with Crippen molar-refractivity contribution >= 4 is 10.0 Å². The molecular weight excluding hydrogens is 480 g/mol. The van der Waals surface area contributed by atoms with Crippen molar-refractivity contribution in [1.29, 1.82) is 0 Å². The number of hydrogen-bond acceptors (Lipinski definition) is 4. The minimum Gasteiger partial charge on any atom is -0.383 e. The molecule has 2 fully saturated rings. The first kappa shape index (κ1) is 26.1. The van der Waals surface area contributed by atoms with E-state index in [1.54, 1.807) is 17.5 Å². The van der Waals surface area contributed by atoms with E-state index in [0.29, 0.717) is 24.6 Å². The van der Waals surface area contributed by atoms with Gasteiger partial charge in [-0.25, -0.2) is 8.42 Å². The first-order valence-electron chi connectivity index (χ1n) is 13.3. The maximum atomic E-state index is 13.7. The number of benzene rings is 3. The molecule has 0 radical (unpaired) electrons. The summed E-state index contributed by atoms with van der Waals surface area (Å²) >= 11 is 0. The summed E-state index contributed by atoms with van der Waals surface area (Å²) in [6.07, 6.45) is 1.85. The molecule has 6 heteroatoms. The number of methoxy groups -OCH3 is 1. The van der Waals surface area contributed by atoms with E-state index < -0.39 is 10.0 Å². The van der Waals surface area contributed by atoms with Crippen LogP contribution >= 0.6 is 0 Å². The Kier molecular flexibility index (Phi) is 7.55. The van der Waals surface area contributed by atoms with Gasteiger partial charge in [-0.1, -0.05) is 60.7 Å². The molecule has 37 heavy (non-hydrogen) atoms. The van der Waals surface area contributed by atoms with Crippen molar-refractivity contribution in [3.63, 3.8) is 0 Å². The molecule has 3 atom stereocenters. The topological polar surface area (TPSA) is 49.9 Å². The molecule has 0 saturated carbocycles. The number of sulfonamides is 1. The molecule has 1 unspecified atom stereocenters. The Bertz CT molecular complexity index is 1350. The third kappa shape index (κ3) is 5.00. The molecule has 196 valence electrons. The summed E-state index contributed by atoms with van der Waals surface area (Å²) in [6.45, 7) is 8.85. The van der Waals surface area contributed by atoms with Crippen molar-refractivity contribution in [1.82, 2.24) is 9.21 Å². The van der Waals surface area contributed by atoms with Gasteiger partial charge in [0.1, 0.15) is 0 Å². The second kappa shape index (κ2) is 10.7. The van der Waals surface area contributed by atoms with E-state index in [4.69, 9.17) is 4.74 Å². The van der Waals surface area contributed by atoms with Crippen molar-refractivity contribution in [2.45, 2.75) is 56.5 Å². The monoisotopic (exact) mass is 518 g/mol. The fourth-order valence-corrected chi connectivity index (χ4v) is 7.80. The first-order chi connectivity index (χ1) is 17.8. The lowest BCUT2D eigenvalue weighted by molar-refractivity contribution is -0.0635. The maximum absolute atomic E-state index is 13.7. The Labute approximate surface area is 222 Å². The van der Waals surface area contributed by atoms with Crippen LogP contribution in [0.25, 0.3) is 11.1 Å². The summed E-state index contributed by atoms with van der Waals surface area (Å²) in [4.78, 5) is 2.90. The van der Waals surface area contributed by atoms with Crippen molar-refractivity contribution in [2.75, 3.05) is 33.4 Å². The van der Waals surface area contributed by atoms with Gasteiger partial charge in [0, 0.05) is 38.2 Å². The van der Waals surface area contributed by atoms with Gasteiger partial charge in [-0.05, 0) is 79.6 Å². The van der Waals surface area contributed by atoms with Crippen LogP contribution in [0.15, 0.2) is 71.6 Å². The van der Waals surface area contributed by atoms with Gasteiger partial charge in [-0.15, -0.1) is 0 Å². The van der Waals surface area contributed by atoms with Crippen molar-refractivity contribution in [3.05, 3.63) is 89.0 Å². The fraction of sp³-hybridized carbons (Fsp3) is 0.419. The second-order valence-electron chi connectivity index (χ2n) is 10.6. The van der Waals surface area contributed by atoms with Gasteiger partial charge in [-0.3, -0.25) is 4.90 Å². The normalized spacial score (nSPS) is 23.1. The summed E-state index contributed by atoms with van der Waals surface area (Å²) in [5.74, 6) is 0.224. The van der Waals surface area contributed by atoms with E-state index >= 15 is 0 Å². The lowest BCUT2D eigenvalue weighted by atomic mass is 9.74. The van der Waals surface area contributed by atoms with E-state index in [1.165, 1.54) is 27.8 Å². The van der Waals surface area contributed by atoms with Crippen LogP contribution in [0.3, 0.4) is 0 Å². The van der Waals surface area contributed by atoms with Gasteiger partial charge >= 0.3 is 0 Å². The maximum Gasteiger partial charge on any atom is 0.243 e. The SMILES string of the molecule is COC[C@@H]1C(c2ccc(-c3ccc(C)c(C)c3)cc2)[C@@H]2CN(S(=O)(=O)c3ccccc3C)CCCCN12. The molecule has 2 saturated heterocycles. The summed E-state index contributed by atoms with van der Waals surface area (Å²) in [5.41, 5.74) is 7.07. The molecular formula is C31H38N2O3S. The van der Waals surface area contributed by atoms with Crippen LogP contribution in [0.5, 0.6) is 0 Å². The lowest BCUT2D eigenvalue weighted by Gasteiger charge is -2.57. The predicted octanol–water partition coefficient (Wildman–Crippen LogP) is 5.55. The largest absolute Gasteiger partial charge is 0.383 e. The van der Waals surface area contributed by atoms with E-state index in [1.807, 2.05) is 25.1 Å². The average Bonchev–Trinajstić information content (AvgIpc) is 2.87. The zero-order valence-electron chi connectivity index (χ0n) is 22.4. The Hall–Kier alpha value is -2.51. The first-order valence-corrected chi connectivity index (χ1v) is 14.7. The molecule has 2 heterocycles. The number of fused-ring (bicyclic) bond motifs is 1. The molecule has 0 spiro atoms. The fourth-order valence-electron chi connectivity index (χ4n) is 6.08. The van der Waals surface area contributed by atoms with Crippen molar-refractivity contribution in [3.8, 4) is 11.1 Å². The highest BCUT2D eigenvalue weighted by Gasteiger charge is 2.50. The molecule has 3 aromatic rings. The number of nitrogens with zero attached hydrogens (tertiary/aromatic N) is 2. The van der Waals surface area contributed by atoms with Gasteiger partial charge in [0.15, 0.2) is 0 Å². The summed E-state index contributed by atoms with van der Waals surface area (Å²) in [6, 6.07) is 23.2. The molecule has 0 bridgehead atoms. The Morgan fingerprint density at radius 2 is 1.54 bits per heavy atom. The van der Waals surface area contributed by atoms with Gasteiger partial charge in [0.25, 0.3) is 0 Å². The molecule has 5 nitrogen and oxygen atoms in total. The zero-order chi connectivity index (χ0) is 26.2. The van der Waals surface area contributed by atoms with Crippen LogP contribution in [0.1, 0.15) is 41.0 Å². The minimum absolute atomic E-state index is 0.131. The number of ether oxygens (including phenoxy) is 1. The second-order valence-corrected chi connectivity index (χ2v) is 12.5. The third-order valence-corrected chi connectivity index (χ3v) is 10.4. The molecule has 5 rings (SSSR count). The zero-order valence-corrected chi connectivity index (χ0v) is 23.2. The van der Waals surface area contributed by atoms with Gasteiger partial charge < -0.3 is 4.74 Å². The quantitative estimate of drug-likeness (QED) is 0.430. The summed E-state index contributed by atoms with van der Waals surface area (Å²) < 4.78 is 34.8. The predicted molar refractivity (Wildman–Crippen MR) is 149 cm³/mol.